The van der Waals surface area contributed by atoms with Gasteiger partial charge < -0.3 is 10.0 Å². The molecule has 220 valence electrons. The van der Waals surface area contributed by atoms with Crippen molar-refractivity contribution in [1.29, 1.82) is 0 Å². The number of fused-ring (bicyclic) bond motifs is 1. The summed E-state index contributed by atoms with van der Waals surface area (Å²) < 4.78 is 16.4. The van der Waals surface area contributed by atoms with Gasteiger partial charge in [0.25, 0.3) is 5.91 Å². The summed E-state index contributed by atoms with van der Waals surface area (Å²) in [5.41, 5.74) is 2.74. The van der Waals surface area contributed by atoms with E-state index in [0.717, 1.165) is 17.0 Å². The summed E-state index contributed by atoms with van der Waals surface area (Å²) in [6.45, 7) is 5.94. The molecule has 3 aromatic rings. The standard InChI is InChI=1S/C32H35FN4O4S/c1-3-31(4-2)18-36(16-20-5-7-21(8-6-20)26-15-34-19-42-26)14-13-32(31,41)24-10-9-22-23(28(24)33)17-37(30(22)40)25-11-12-27(38)35-29(25)39/h5-10,15,19,25,41H,3-4,11-14,16-18H2,1-2H3,(H,35,38,39). The second-order valence-corrected chi connectivity index (χ2v) is 12.6. The third-order valence-corrected chi connectivity index (χ3v) is 10.5. The van der Waals surface area contributed by atoms with Crippen LogP contribution in [0.15, 0.2) is 48.1 Å². The number of hydrogen-bond acceptors (Lipinski definition) is 7. The second kappa shape index (κ2) is 11.0. The fraction of sp³-hybridized carbons (Fsp3) is 0.438. The molecule has 0 radical (unpaired) electrons. The molecule has 0 saturated carbocycles. The Morgan fingerprint density at radius 2 is 1.88 bits per heavy atom. The van der Waals surface area contributed by atoms with E-state index >= 15 is 4.39 Å². The van der Waals surface area contributed by atoms with Gasteiger partial charge in [0.2, 0.25) is 11.8 Å². The van der Waals surface area contributed by atoms with Crippen molar-refractivity contribution in [2.45, 2.75) is 70.7 Å². The van der Waals surface area contributed by atoms with Crippen LogP contribution in [0.2, 0.25) is 0 Å². The highest BCUT2D eigenvalue weighted by atomic mass is 32.1. The molecule has 3 aliphatic heterocycles. The number of carbonyl (C=O) groups is 3. The van der Waals surface area contributed by atoms with Crippen LogP contribution in [0.4, 0.5) is 4.39 Å². The number of amides is 3. The van der Waals surface area contributed by atoms with E-state index in [9.17, 15) is 19.5 Å². The average Bonchev–Trinajstić information content (AvgIpc) is 3.64. The number of halogens is 1. The summed E-state index contributed by atoms with van der Waals surface area (Å²) in [6, 6.07) is 10.8. The predicted molar refractivity (Wildman–Crippen MR) is 157 cm³/mol. The molecule has 2 fully saturated rings. The topological polar surface area (TPSA) is 103 Å². The molecular weight excluding hydrogens is 555 g/mol. The van der Waals surface area contributed by atoms with E-state index in [1.807, 2.05) is 25.6 Å². The minimum atomic E-state index is -1.42. The van der Waals surface area contributed by atoms with Gasteiger partial charge >= 0.3 is 0 Å². The zero-order valence-corrected chi connectivity index (χ0v) is 24.7. The Morgan fingerprint density at radius 3 is 2.55 bits per heavy atom. The lowest BCUT2D eigenvalue weighted by atomic mass is 9.61. The lowest BCUT2D eigenvalue weighted by Gasteiger charge is -2.54. The molecule has 0 aliphatic carbocycles. The van der Waals surface area contributed by atoms with Crippen LogP contribution in [0, 0.1) is 11.2 Å². The Labute approximate surface area is 248 Å². The van der Waals surface area contributed by atoms with E-state index in [1.54, 1.807) is 23.5 Å². The van der Waals surface area contributed by atoms with Gasteiger partial charge in [-0.1, -0.05) is 44.2 Å². The summed E-state index contributed by atoms with van der Waals surface area (Å²) in [6.07, 6.45) is 3.86. The first kappa shape index (κ1) is 28.6. The Balaban J connectivity index is 1.24. The van der Waals surface area contributed by atoms with Crippen LogP contribution in [0.3, 0.4) is 0 Å². The molecular formula is C32H35FN4O4S. The molecule has 2 aromatic carbocycles. The van der Waals surface area contributed by atoms with Crippen molar-refractivity contribution in [2.24, 2.45) is 5.41 Å². The van der Waals surface area contributed by atoms with Crippen LogP contribution in [-0.4, -0.2) is 56.7 Å². The van der Waals surface area contributed by atoms with E-state index in [1.165, 1.54) is 10.5 Å². The number of aliphatic hydroxyl groups is 1. The Kier molecular flexibility index (Phi) is 7.49. The van der Waals surface area contributed by atoms with Crippen LogP contribution >= 0.6 is 11.3 Å². The van der Waals surface area contributed by atoms with Crippen molar-refractivity contribution >= 4 is 29.1 Å². The number of piperidine rings is 2. The summed E-state index contributed by atoms with van der Waals surface area (Å²) in [4.78, 5) is 46.3. The van der Waals surface area contributed by atoms with Crippen molar-refractivity contribution in [2.75, 3.05) is 13.1 Å². The molecule has 8 nitrogen and oxygen atoms in total. The molecule has 6 rings (SSSR count). The van der Waals surface area contributed by atoms with Gasteiger partial charge in [-0.2, -0.15) is 0 Å². The summed E-state index contributed by atoms with van der Waals surface area (Å²) in [7, 11) is 0. The number of carbonyl (C=O) groups excluding carboxylic acids is 3. The summed E-state index contributed by atoms with van der Waals surface area (Å²) in [5.74, 6) is -1.90. The molecule has 2 N–H and O–H groups in total. The van der Waals surface area contributed by atoms with Gasteiger partial charge in [-0.25, -0.2) is 4.39 Å². The van der Waals surface area contributed by atoms with Crippen LogP contribution in [0.5, 0.6) is 0 Å². The van der Waals surface area contributed by atoms with Crippen LogP contribution in [0.1, 0.15) is 73.0 Å². The van der Waals surface area contributed by atoms with E-state index in [2.05, 4.69) is 39.5 Å². The minimum absolute atomic E-state index is 0.0644. The van der Waals surface area contributed by atoms with Gasteiger partial charge in [0.15, 0.2) is 0 Å². The first-order valence-corrected chi connectivity index (χ1v) is 15.5. The lowest BCUT2D eigenvalue weighted by Crippen LogP contribution is -2.57. The Morgan fingerprint density at radius 1 is 1.12 bits per heavy atom. The molecule has 1 aromatic heterocycles. The average molecular weight is 591 g/mol. The Hall–Kier alpha value is -3.47. The number of thiazole rings is 1. The largest absolute Gasteiger partial charge is 0.384 e. The monoisotopic (exact) mass is 590 g/mol. The van der Waals surface area contributed by atoms with Gasteiger partial charge in [-0.3, -0.25) is 29.6 Å². The molecule has 2 unspecified atom stereocenters. The maximum atomic E-state index is 16.4. The summed E-state index contributed by atoms with van der Waals surface area (Å²) in [5, 5.41) is 14.7. The molecule has 42 heavy (non-hydrogen) atoms. The third-order valence-electron chi connectivity index (χ3n) is 9.72. The molecule has 3 aliphatic rings. The zero-order chi connectivity index (χ0) is 29.6. The van der Waals surface area contributed by atoms with Crippen molar-refractivity contribution < 1.29 is 23.9 Å². The number of likely N-dealkylation sites (tertiary alicyclic amines) is 1. The van der Waals surface area contributed by atoms with Crippen LogP contribution in [-0.2, 0) is 28.3 Å². The van der Waals surface area contributed by atoms with Gasteiger partial charge in [-0.15, -0.1) is 11.3 Å². The van der Waals surface area contributed by atoms with Gasteiger partial charge in [0, 0.05) is 54.4 Å². The maximum absolute atomic E-state index is 16.4. The number of aromatic nitrogens is 1. The third kappa shape index (κ3) is 4.66. The molecule has 3 amide bonds. The number of benzene rings is 2. The van der Waals surface area contributed by atoms with Crippen molar-refractivity contribution in [3.05, 3.63) is 76.2 Å². The number of rotatable bonds is 7. The summed E-state index contributed by atoms with van der Waals surface area (Å²) >= 11 is 1.61. The fourth-order valence-corrected chi connectivity index (χ4v) is 7.78. The van der Waals surface area contributed by atoms with Crippen LogP contribution in [0.25, 0.3) is 10.4 Å². The minimum Gasteiger partial charge on any atom is -0.384 e. The Bertz CT molecular complexity index is 1520. The highest BCUT2D eigenvalue weighted by Crippen LogP contribution is 2.52. The first-order chi connectivity index (χ1) is 20.2. The van der Waals surface area contributed by atoms with E-state index in [4.69, 9.17) is 0 Å². The SMILES string of the molecule is CCC1(CC)CN(Cc2ccc(-c3cncs3)cc2)CCC1(O)c1ccc2c(c1F)CN(C1CCC(=O)NC1=O)C2=O. The van der Waals surface area contributed by atoms with Gasteiger partial charge in [0.05, 0.1) is 16.9 Å². The predicted octanol–water partition coefficient (Wildman–Crippen LogP) is 4.61. The molecule has 0 bridgehead atoms. The van der Waals surface area contributed by atoms with Gasteiger partial charge in [0.1, 0.15) is 17.5 Å². The molecule has 0 spiro atoms. The van der Waals surface area contributed by atoms with E-state index < -0.39 is 34.7 Å². The lowest BCUT2D eigenvalue weighted by molar-refractivity contribution is -0.150. The van der Waals surface area contributed by atoms with E-state index in [-0.39, 0.29) is 42.0 Å². The zero-order valence-electron chi connectivity index (χ0n) is 23.9. The molecule has 2 saturated heterocycles. The number of nitrogens with one attached hydrogen (secondary N) is 1. The molecule has 2 atom stereocenters. The highest BCUT2D eigenvalue weighted by Gasteiger charge is 2.54. The van der Waals surface area contributed by atoms with Gasteiger partial charge in [-0.05, 0) is 42.9 Å². The highest BCUT2D eigenvalue weighted by molar-refractivity contribution is 7.13. The molecule has 10 heteroatoms. The second-order valence-electron chi connectivity index (χ2n) is 11.7. The smallest absolute Gasteiger partial charge is 0.255 e. The van der Waals surface area contributed by atoms with E-state index in [0.29, 0.717) is 32.4 Å². The van der Waals surface area contributed by atoms with Crippen LogP contribution < -0.4 is 5.32 Å². The number of hydrogen-bond donors (Lipinski definition) is 2. The van der Waals surface area contributed by atoms with Crippen molar-refractivity contribution in [1.82, 2.24) is 20.1 Å². The fourth-order valence-electron chi connectivity index (χ4n) is 7.15. The normalized spacial score (nSPS) is 24.1. The first-order valence-electron chi connectivity index (χ1n) is 14.6. The number of imide groups is 1. The quantitative estimate of drug-likeness (QED) is 0.390. The molecule has 4 heterocycles. The maximum Gasteiger partial charge on any atom is 0.255 e. The number of nitrogens with zero attached hydrogens (tertiary/aromatic N) is 3. The van der Waals surface area contributed by atoms with Crippen molar-refractivity contribution in [3.63, 3.8) is 0 Å². The van der Waals surface area contributed by atoms with Crippen molar-refractivity contribution in [3.8, 4) is 10.4 Å².